The second-order valence-electron chi connectivity index (χ2n) is 6.34. The summed E-state index contributed by atoms with van der Waals surface area (Å²) in [6.07, 6.45) is -4.94. The molecule has 0 radical (unpaired) electrons. The van der Waals surface area contributed by atoms with Crippen molar-refractivity contribution in [2.24, 2.45) is 4.99 Å². The largest absolute Gasteiger partial charge is 0.401 e. The van der Waals surface area contributed by atoms with Gasteiger partial charge in [-0.1, -0.05) is 48.2 Å². The number of carbonyl (C=O) groups excluding carboxylic acids is 1. The molecule has 3 nitrogen and oxygen atoms in total. The van der Waals surface area contributed by atoms with Crippen LogP contribution in [0.4, 0.5) is 17.6 Å². The van der Waals surface area contributed by atoms with Crippen LogP contribution in [0, 0.1) is 5.82 Å². The minimum atomic E-state index is -4.52. The van der Waals surface area contributed by atoms with E-state index >= 15 is 0 Å². The molecular weight excluding hydrogens is 380 g/mol. The minimum Gasteiger partial charge on any atom is -0.301 e. The Kier molecular flexibility index (Phi) is 5.28. The molecule has 27 heavy (non-hydrogen) atoms. The molecule has 0 bridgehead atoms. The number of benzene rings is 2. The second kappa shape index (κ2) is 7.34. The van der Waals surface area contributed by atoms with Gasteiger partial charge in [-0.2, -0.15) is 13.2 Å². The van der Waals surface area contributed by atoms with Crippen molar-refractivity contribution in [1.82, 2.24) is 5.32 Å². The Balaban J connectivity index is 1.97. The molecule has 0 spiro atoms. The van der Waals surface area contributed by atoms with Gasteiger partial charge in [0.2, 0.25) is 0 Å². The topological polar surface area (TPSA) is 41.5 Å². The van der Waals surface area contributed by atoms with Crippen LogP contribution in [-0.2, 0) is 5.54 Å². The quantitative estimate of drug-likeness (QED) is 0.734. The second-order valence-corrected chi connectivity index (χ2v) is 7.53. The summed E-state index contributed by atoms with van der Waals surface area (Å²) >= 11 is 0.435. The molecule has 0 saturated heterocycles. The lowest BCUT2D eigenvalue weighted by atomic mass is 9.87. The Bertz CT molecular complexity index is 870. The fraction of sp³-hybridized carbons (Fsp3) is 0.263. The van der Waals surface area contributed by atoms with Gasteiger partial charge in [0.05, 0.1) is 5.54 Å². The molecule has 1 heterocycles. The summed E-state index contributed by atoms with van der Waals surface area (Å²) in [5, 5.41) is 0.441. The molecule has 2 aromatic carbocycles. The van der Waals surface area contributed by atoms with E-state index in [0.717, 1.165) is 0 Å². The van der Waals surface area contributed by atoms with Crippen LogP contribution < -0.4 is 5.32 Å². The van der Waals surface area contributed by atoms with Gasteiger partial charge in [0, 0.05) is 11.1 Å². The zero-order valence-electron chi connectivity index (χ0n) is 14.3. The molecule has 1 N–H and O–H groups in total. The van der Waals surface area contributed by atoms with Crippen LogP contribution in [0.5, 0.6) is 0 Å². The third kappa shape index (κ3) is 4.32. The number of aliphatic imine (C=N–C) groups is 1. The van der Waals surface area contributed by atoms with Gasteiger partial charge in [-0.25, -0.2) is 4.39 Å². The minimum absolute atomic E-state index is 0.0611. The van der Waals surface area contributed by atoms with Crippen molar-refractivity contribution in [2.75, 3.05) is 0 Å². The van der Waals surface area contributed by atoms with Crippen LogP contribution in [0.1, 0.15) is 29.3 Å². The highest BCUT2D eigenvalue weighted by molar-refractivity contribution is 8.14. The Hall–Kier alpha value is -2.35. The van der Waals surface area contributed by atoms with E-state index in [9.17, 15) is 22.4 Å². The average molecular weight is 396 g/mol. The molecule has 0 fully saturated rings. The number of nitrogens with one attached hydrogen (secondary N) is 1. The number of alkyl halides is 3. The van der Waals surface area contributed by atoms with E-state index in [1.807, 2.05) is 0 Å². The molecule has 0 saturated carbocycles. The van der Waals surface area contributed by atoms with Crippen LogP contribution in [0.3, 0.4) is 0 Å². The SMILES string of the molecule is C[C@@]1(c2ccccc2F)C[C@@H](C(F)(F)F)SC(NC(=O)c2ccccc2)=N1. The van der Waals surface area contributed by atoms with Crippen molar-refractivity contribution in [3.05, 3.63) is 71.5 Å². The van der Waals surface area contributed by atoms with Crippen molar-refractivity contribution < 1.29 is 22.4 Å². The number of nitrogens with zero attached hydrogens (tertiary/aromatic N) is 1. The third-order valence-corrected chi connectivity index (χ3v) is 5.40. The van der Waals surface area contributed by atoms with Gasteiger partial charge < -0.3 is 5.32 Å². The van der Waals surface area contributed by atoms with Gasteiger partial charge >= 0.3 is 6.18 Å². The van der Waals surface area contributed by atoms with Gasteiger partial charge in [0.25, 0.3) is 5.91 Å². The van der Waals surface area contributed by atoms with Crippen LogP contribution >= 0.6 is 11.8 Å². The molecular formula is C19H16F4N2OS. The first-order valence-electron chi connectivity index (χ1n) is 8.14. The van der Waals surface area contributed by atoms with Crippen LogP contribution in [0.2, 0.25) is 0 Å². The smallest absolute Gasteiger partial charge is 0.301 e. The number of hydrogen-bond donors (Lipinski definition) is 1. The van der Waals surface area contributed by atoms with Crippen molar-refractivity contribution in [3.63, 3.8) is 0 Å². The molecule has 1 aliphatic rings. The van der Waals surface area contributed by atoms with E-state index in [0.29, 0.717) is 17.3 Å². The monoisotopic (exact) mass is 396 g/mol. The summed E-state index contributed by atoms with van der Waals surface area (Å²) in [4.78, 5) is 16.6. The fourth-order valence-corrected chi connectivity index (χ4v) is 4.12. The molecule has 1 amide bonds. The molecule has 2 aromatic rings. The number of rotatable bonds is 2. The first kappa shape index (κ1) is 19.4. The maximum Gasteiger partial charge on any atom is 0.401 e. The van der Waals surface area contributed by atoms with Crippen molar-refractivity contribution in [1.29, 1.82) is 0 Å². The molecule has 8 heteroatoms. The Morgan fingerprint density at radius 1 is 1.15 bits per heavy atom. The third-order valence-electron chi connectivity index (χ3n) is 4.26. The molecule has 1 aliphatic heterocycles. The Labute approximate surface area is 157 Å². The molecule has 0 aliphatic carbocycles. The Morgan fingerprint density at radius 3 is 2.41 bits per heavy atom. The average Bonchev–Trinajstić information content (AvgIpc) is 2.61. The lowest BCUT2D eigenvalue weighted by Gasteiger charge is -2.36. The highest BCUT2D eigenvalue weighted by atomic mass is 32.2. The number of halogens is 4. The standard InChI is InChI=1S/C19H16F4N2OS/c1-18(13-9-5-6-10-14(13)20)11-15(19(21,22)23)27-17(25-18)24-16(26)12-7-3-2-4-8-12/h2-10,15H,11H2,1H3,(H,24,25,26)/t15-,18-/m0/s1. The summed E-state index contributed by atoms with van der Waals surface area (Å²) in [5.74, 6) is -1.20. The zero-order valence-corrected chi connectivity index (χ0v) is 15.1. The van der Waals surface area contributed by atoms with Crippen LogP contribution in [0.25, 0.3) is 0 Å². The predicted octanol–water partition coefficient (Wildman–Crippen LogP) is 4.89. The molecule has 3 rings (SSSR count). The lowest BCUT2D eigenvalue weighted by molar-refractivity contribution is -0.132. The van der Waals surface area contributed by atoms with Gasteiger partial charge in [-0.15, -0.1) is 0 Å². The predicted molar refractivity (Wildman–Crippen MR) is 97.1 cm³/mol. The summed E-state index contributed by atoms with van der Waals surface area (Å²) < 4.78 is 54.6. The van der Waals surface area contributed by atoms with Crippen LogP contribution in [-0.4, -0.2) is 22.5 Å². The van der Waals surface area contributed by atoms with E-state index in [2.05, 4.69) is 10.3 Å². The first-order valence-corrected chi connectivity index (χ1v) is 9.02. The number of amidine groups is 1. The number of hydrogen-bond acceptors (Lipinski definition) is 3. The summed E-state index contributed by atoms with van der Waals surface area (Å²) in [6, 6.07) is 13.7. The van der Waals surface area contributed by atoms with Gasteiger partial charge in [-0.3, -0.25) is 9.79 Å². The molecule has 2 atom stereocenters. The fourth-order valence-electron chi connectivity index (χ4n) is 2.90. The molecule has 0 unspecified atom stereocenters. The van der Waals surface area contributed by atoms with E-state index < -0.39 is 35.1 Å². The van der Waals surface area contributed by atoms with E-state index in [-0.39, 0.29) is 10.7 Å². The summed E-state index contributed by atoms with van der Waals surface area (Å²) in [6.45, 7) is 1.44. The van der Waals surface area contributed by atoms with E-state index in [1.54, 1.807) is 36.4 Å². The van der Waals surface area contributed by atoms with Gasteiger partial charge in [0.15, 0.2) is 5.17 Å². The lowest BCUT2D eigenvalue weighted by Crippen LogP contribution is -2.43. The number of amides is 1. The number of carbonyl (C=O) groups is 1. The first-order chi connectivity index (χ1) is 12.7. The van der Waals surface area contributed by atoms with Crippen molar-refractivity contribution >= 4 is 22.8 Å². The highest BCUT2D eigenvalue weighted by Gasteiger charge is 2.49. The molecule has 0 aromatic heterocycles. The van der Waals surface area contributed by atoms with E-state index in [4.69, 9.17) is 0 Å². The van der Waals surface area contributed by atoms with Crippen molar-refractivity contribution in [3.8, 4) is 0 Å². The highest BCUT2D eigenvalue weighted by Crippen LogP contribution is 2.45. The maximum absolute atomic E-state index is 14.3. The van der Waals surface area contributed by atoms with E-state index in [1.165, 1.54) is 25.1 Å². The summed E-state index contributed by atoms with van der Waals surface area (Å²) in [7, 11) is 0. The molecule has 142 valence electrons. The van der Waals surface area contributed by atoms with Crippen molar-refractivity contribution in [2.45, 2.75) is 30.3 Å². The normalized spacial score (nSPS) is 22.9. The number of thioether (sulfide) groups is 1. The van der Waals surface area contributed by atoms with Gasteiger partial charge in [0.1, 0.15) is 11.1 Å². The zero-order chi connectivity index (χ0) is 19.7. The maximum atomic E-state index is 14.3. The Morgan fingerprint density at radius 2 is 1.78 bits per heavy atom. The summed E-state index contributed by atoms with van der Waals surface area (Å²) in [5.41, 5.74) is -1.09. The van der Waals surface area contributed by atoms with Crippen LogP contribution in [0.15, 0.2) is 59.6 Å². The van der Waals surface area contributed by atoms with Gasteiger partial charge in [-0.05, 0) is 31.5 Å².